The van der Waals surface area contributed by atoms with Crippen molar-refractivity contribution < 1.29 is 19.1 Å². The van der Waals surface area contributed by atoms with Gasteiger partial charge in [0, 0.05) is 11.0 Å². The lowest BCUT2D eigenvalue weighted by molar-refractivity contribution is -0.433. The summed E-state index contributed by atoms with van der Waals surface area (Å²) in [5.41, 5.74) is 1.46. The Kier molecular flexibility index (Phi) is 2.71. The Labute approximate surface area is 114 Å². The van der Waals surface area contributed by atoms with Crippen molar-refractivity contribution in [3.63, 3.8) is 0 Å². The van der Waals surface area contributed by atoms with E-state index in [0.29, 0.717) is 26.7 Å². The van der Waals surface area contributed by atoms with Gasteiger partial charge in [-0.1, -0.05) is 12.1 Å². The predicted molar refractivity (Wildman–Crippen MR) is 73.5 cm³/mol. The Hall–Kier alpha value is -2.76. The van der Waals surface area contributed by atoms with Gasteiger partial charge in [-0.3, -0.25) is 0 Å². The van der Waals surface area contributed by atoms with Crippen LogP contribution in [0.2, 0.25) is 0 Å². The maximum absolute atomic E-state index is 12.5. The number of aromatic nitrogens is 2. The third-order valence-electron chi connectivity index (χ3n) is 3.22. The Bertz CT molecular complexity index is 870. The van der Waals surface area contributed by atoms with Crippen LogP contribution in [0.4, 0.5) is 0 Å². The molecule has 0 aliphatic carbocycles. The van der Waals surface area contributed by atoms with Gasteiger partial charge in [-0.15, -0.1) is 0 Å². The molecule has 6 nitrogen and oxygen atoms in total. The molecule has 102 valence electrons. The number of rotatable bonds is 2. The quantitative estimate of drug-likeness (QED) is 0.567. The largest absolute Gasteiger partial charge is 0.502 e. The Morgan fingerprint density at radius 3 is 2.60 bits per heavy atom. The highest BCUT2D eigenvalue weighted by molar-refractivity contribution is 5.88. The number of phenolic OH excluding ortho intramolecular Hbond substituents is 1. The first-order valence-electron chi connectivity index (χ1n) is 5.99. The maximum Gasteiger partial charge on any atom is 0.331 e. The molecule has 0 fully saturated rings. The summed E-state index contributed by atoms with van der Waals surface area (Å²) in [5, 5.41) is 9.94. The van der Waals surface area contributed by atoms with Crippen molar-refractivity contribution >= 4 is 22.1 Å². The molecule has 0 aliphatic heterocycles. The lowest BCUT2D eigenvalue weighted by Gasteiger charge is -2.11. The minimum absolute atomic E-state index is 0.104. The van der Waals surface area contributed by atoms with E-state index in [9.17, 15) is 10.0 Å². The number of nitrogens with zero attached hydrogens (tertiary/aromatic N) is 2. The zero-order valence-corrected chi connectivity index (χ0v) is 11.0. The monoisotopic (exact) mass is 273 g/mol. The molecule has 0 bridgehead atoms. The SMILES string of the molecule is COc1cccc2c1n(OC)c1cccc(O)c1[n+]2=O. The normalized spacial score (nSPS) is 10.9. The third-order valence-corrected chi connectivity index (χ3v) is 3.22. The minimum atomic E-state index is -0.104. The van der Waals surface area contributed by atoms with Gasteiger partial charge in [0.2, 0.25) is 0 Å². The maximum atomic E-state index is 12.5. The molecule has 2 aromatic carbocycles. The molecule has 0 saturated heterocycles. The molecule has 0 amide bonds. The second kappa shape index (κ2) is 4.41. The van der Waals surface area contributed by atoms with Crippen LogP contribution < -0.4 is 14.0 Å². The van der Waals surface area contributed by atoms with E-state index in [0.717, 1.165) is 0 Å². The van der Waals surface area contributed by atoms with E-state index in [1.165, 1.54) is 25.0 Å². The average Bonchev–Trinajstić information content (AvgIpc) is 2.47. The van der Waals surface area contributed by atoms with Gasteiger partial charge in [0.15, 0.2) is 22.5 Å². The predicted octanol–water partition coefficient (Wildman–Crippen LogP) is 1.48. The van der Waals surface area contributed by atoms with Crippen LogP contribution in [0.15, 0.2) is 36.4 Å². The van der Waals surface area contributed by atoms with Crippen LogP contribution in [0.5, 0.6) is 11.5 Å². The fraction of sp³-hybridized carbons (Fsp3) is 0.143. The van der Waals surface area contributed by atoms with Crippen LogP contribution in [-0.4, -0.2) is 24.1 Å². The number of hydrogen-bond acceptors (Lipinski definition) is 4. The summed E-state index contributed by atoms with van der Waals surface area (Å²) in [7, 11) is 3.01. The van der Waals surface area contributed by atoms with Crippen molar-refractivity contribution in [2.45, 2.75) is 0 Å². The van der Waals surface area contributed by atoms with Crippen LogP contribution in [0.3, 0.4) is 0 Å². The van der Waals surface area contributed by atoms with Crippen molar-refractivity contribution in [3.05, 3.63) is 41.3 Å². The fourth-order valence-electron chi connectivity index (χ4n) is 2.37. The molecule has 0 atom stereocenters. The van der Waals surface area contributed by atoms with E-state index in [1.807, 2.05) is 0 Å². The molecule has 0 unspecified atom stereocenters. The van der Waals surface area contributed by atoms with Crippen molar-refractivity contribution in [2.75, 3.05) is 14.2 Å². The summed E-state index contributed by atoms with van der Waals surface area (Å²) in [5.74, 6) is 0.409. The number of phenols is 1. The van der Waals surface area contributed by atoms with Gasteiger partial charge in [-0.05, 0) is 18.2 Å². The first-order chi connectivity index (χ1) is 9.69. The van der Waals surface area contributed by atoms with E-state index in [-0.39, 0.29) is 11.3 Å². The van der Waals surface area contributed by atoms with Crippen molar-refractivity contribution in [2.24, 2.45) is 0 Å². The topological polar surface area (TPSA) is 66.6 Å². The standard InChI is InChI=1S/C14H12N2O4/c1-19-12-8-4-5-9-14(12)16(20-2)10-6-3-7-11(17)13(10)15(9)18/h3-8H,1-2H3/p+1. The van der Waals surface area contributed by atoms with Gasteiger partial charge < -0.3 is 14.7 Å². The van der Waals surface area contributed by atoms with Crippen LogP contribution in [-0.2, 0) is 0 Å². The van der Waals surface area contributed by atoms with E-state index in [1.54, 1.807) is 30.3 Å². The number of benzene rings is 2. The van der Waals surface area contributed by atoms with Crippen molar-refractivity contribution in [3.8, 4) is 11.5 Å². The number of hydrogen-bond donors (Lipinski definition) is 1. The molecular weight excluding hydrogens is 260 g/mol. The van der Waals surface area contributed by atoms with E-state index < -0.39 is 0 Å². The molecule has 1 N–H and O–H groups in total. The lowest BCUT2D eigenvalue weighted by Crippen LogP contribution is -2.23. The zero-order chi connectivity index (χ0) is 14.3. The highest BCUT2D eigenvalue weighted by Gasteiger charge is 2.24. The van der Waals surface area contributed by atoms with Crippen LogP contribution in [0.1, 0.15) is 0 Å². The second-order valence-electron chi connectivity index (χ2n) is 4.24. The lowest BCUT2D eigenvalue weighted by atomic mass is 10.2. The Morgan fingerprint density at radius 2 is 1.90 bits per heavy atom. The Balaban J connectivity index is 2.69. The molecule has 3 rings (SSSR count). The molecule has 3 aromatic rings. The van der Waals surface area contributed by atoms with Gasteiger partial charge in [0.05, 0.1) is 11.5 Å². The number of fused-ring (bicyclic) bond motifs is 2. The van der Waals surface area contributed by atoms with Crippen molar-refractivity contribution in [1.82, 2.24) is 4.73 Å². The van der Waals surface area contributed by atoms with Crippen molar-refractivity contribution in [1.29, 1.82) is 0 Å². The molecule has 0 radical (unpaired) electrons. The summed E-state index contributed by atoms with van der Waals surface area (Å²) >= 11 is 0. The molecule has 1 aromatic heterocycles. The van der Waals surface area contributed by atoms with E-state index in [2.05, 4.69) is 0 Å². The van der Waals surface area contributed by atoms with Gasteiger partial charge in [-0.2, -0.15) is 4.73 Å². The van der Waals surface area contributed by atoms with Gasteiger partial charge in [-0.25, -0.2) is 0 Å². The smallest absolute Gasteiger partial charge is 0.331 e. The molecule has 0 aliphatic rings. The first-order valence-corrected chi connectivity index (χ1v) is 5.99. The zero-order valence-electron chi connectivity index (χ0n) is 11.0. The summed E-state index contributed by atoms with van der Waals surface area (Å²) in [4.78, 5) is 17.8. The van der Waals surface area contributed by atoms with E-state index >= 15 is 0 Å². The molecule has 0 saturated carbocycles. The average molecular weight is 273 g/mol. The van der Waals surface area contributed by atoms with Gasteiger partial charge in [0.1, 0.15) is 7.11 Å². The summed E-state index contributed by atoms with van der Waals surface area (Å²) in [6, 6.07) is 9.90. The van der Waals surface area contributed by atoms with Gasteiger partial charge in [0.25, 0.3) is 5.52 Å². The van der Waals surface area contributed by atoms with Gasteiger partial charge >= 0.3 is 5.52 Å². The fourth-order valence-corrected chi connectivity index (χ4v) is 2.37. The molecule has 1 heterocycles. The molecule has 6 heteroatoms. The van der Waals surface area contributed by atoms with E-state index in [4.69, 9.17) is 9.57 Å². The number of methoxy groups -OCH3 is 1. The third kappa shape index (κ3) is 1.51. The molecular formula is C14H13N2O4+. The minimum Gasteiger partial charge on any atom is -0.502 e. The summed E-state index contributed by atoms with van der Waals surface area (Å²) in [6.07, 6.45) is 0. The first kappa shape index (κ1) is 12.3. The van der Waals surface area contributed by atoms with Crippen LogP contribution in [0.25, 0.3) is 22.1 Å². The number of para-hydroxylation sites is 2. The highest BCUT2D eigenvalue weighted by atomic mass is 16.6. The summed E-state index contributed by atoms with van der Waals surface area (Å²) in [6.45, 7) is 0. The summed E-state index contributed by atoms with van der Waals surface area (Å²) < 4.78 is 7.44. The van der Waals surface area contributed by atoms with Crippen LogP contribution in [0, 0.1) is 4.91 Å². The number of aromatic hydroxyl groups is 1. The number of ether oxygens (including phenoxy) is 1. The Morgan fingerprint density at radius 1 is 1.15 bits per heavy atom. The van der Waals surface area contributed by atoms with Crippen LogP contribution >= 0.6 is 0 Å². The second-order valence-corrected chi connectivity index (χ2v) is 4.24. The molecule has 20 heavy (non-hydrogen) atoms. The molecule has 0 spiro atoms. The highest BCUT2D eigenvalue weighted by Crippen LogP contribution is 2.28.